The summed E-state index contributed by atoms with van der Waals surface area (Å²) in [6.07, 6.45) is -1.48. The molecule has 0 atom stereocenters. The van der Waals surface area contributed by atoms with Gasteiger partial charge in [-0.3, -0.25) is 9.97 Å². The molecule has 0 bridgehead atoms. The first kappa shape index (κ1) is 12.8. The standard InChI is InChI=1S/C13H13F3N2/c1-12(2,3)9-6-8(13(14,15)16)7-10-11(9)18-5-4-17-10/h4-7H,1-3H3. The van der Waals surface area contributed by atoms with Gasteiger partial charge in [-0.15, -0.1) is 0 Å². The zero-order valence-corrected chi connectivity index (χ0v) is 10.3. The molecule has 0 aliphatic rings. The highest BCUT2D eigenvalue weighted by Crippen LogP contribution is 2.36. The van der Waals surface area contributed by atoms with E-state index in [0.29, 0.717) is 11.1 Å². The molecule has 0 saturated heterocycles. The highest BCUT2D eigenvalue weighted by molar-refractivity contribution is 5.79. The van der Waals surface area contributed by atoms with Crippen molar-refractivity contribution in [1.29, 1.82) is 0 Å². The summed E-state index contributed by atoms with van der Waals surface area (Å²) in [5.74, 6) is 0. The number of aromatic nitrogens is 2. The molecule has 2 rings (SSSR count). The average molecular weight is 254 g/mol. The van der Waals surface area contributed by atoms with Gasteiger partial charge in [0.1, 0.15) is 0 Å². The average Bonchev–Trinajstić information content (AvgIpc) is 2.25. The minimum absolute atomic E-state index is 0.275. The Kier molecular flexibility index (Phi) is 2.80. The van der Waals surface area contributed by atoms with Crippen molar-refractivity contribution in [2.45, 2.75) is 32.4 Å². The van der Waals surface area contributed by atoms with Gasteiger partial charge in [0.15, 0.2) is 0 Å². The molecule has 1 aromatic heterocycles. The van der Waals surface area contributed by atoms with Crippen molar-refractivity contribution >= 4 is 11.0 Å². The summed E-state index contributed by atoms with van der Waals surface area (Å²) in [7, 11) is 0. The Bertz CT molecular complexity index is 583. The molecule has 0 N–H and O–H groups in total. The lowest BCUT2D eigenvalue weighted by Gasteiger charge is -2.22. The van der Waals surface area contributed by atoms with Gasteiger partial charge in [0.2, 0.25) is 0 Å². The van der Waals surface area contributed by atoms with Crippen molar-refractivity contribution in [2.24, 2.45) is 0 Å². The summed E-state index contributed by atoms with van der Waals surface area (Å²) in [5, 5.41) is 0. The van der Waals surface area contributed by atoms with E-state index in [-0.39, 0.29) is 5.52 Å². The van der Waals surface area contributed by atoms with Gasteiger partial charge < -0.3 is 0 Å². The van der Waals surface area contributed by atoms with Crippen LogP contribution in [0.5, 0.6) is 0 Å². The third kappa shape index (κ3) is 2.30. The van der Waals surface area contributed by atoms with Crippen LogP contribution < -0.4 is 0 Å². The highest BCUT2D eigenvalue weighted by Gasteiger charge is 2.33. The van der Waals surface area contributed by atoms with Crippen molar-refractivity contribution in [2.75, 3.05) is 0 Å². The first-order valence-electron chi connectivity index (χ1n) is 5.52. The van der Waals surface area contributed by atoms with Crippen molar-refractivity contribution in [3.8, 4) is 0 Å². The summed E-state index contributed by atoms with van der Waals surface area (Å²) < 4.78 is 38.5. The number of nitrogens with zero attached hydrogens (tertiary/aromatic N) is 2. The molecule has 1 aromatic carbocycles. The Labute approximate surface area is 103 Å². The van der Waals surface area contributed by atoms with Crippen LogP contribution in [-0.2, 0) is 11.6 Å². The van der Waals surface area contributed by atoms with Gasteiger partial charge in [-0.1, -0.05) is 20.8 Å². The predicted molar refractivity (Wildman–Crippen MR) is 63.2 cm³/mol. The maximum absolute atomic E-state index is 12.8. The second kappa shape index (κ2) is 3.93. The van der Waals surface area contributed by atoms with Crippen LogP contribution in [0.15, 0.2) is 24.5 Å². The first-order valence-corrected chi connectivity index (χ1v) is 5.52. The third-order valence-corrected chi connectivity index (χ3v) is 2.71. The fourth-order valence-corrected chi connectivity index (χ4v) is 1.81. The Balaban J connectivity index is 2.81. The summed E-state index contributed by atoms with van der Waals surface area (Å²) in [6, 6.07) is 2.20. The summed E-state index contributed by atoms with van der Waals surface area (Å²) in [4.78, 5) is 8.11. The normalized spacial score (nSPS) is 13.0. The smallest absolute Gasteiger partial charge is 0.253 e. The van der Waals surface area contributed by atoms with Crippen LogP contribution in [0, 0.1) is 0 Å². The Morgan fingerprint density at radius 2 is 1.56 bits per heavy atom. The van der Waals surface area contributed by atoms with Crippen LogP contribution in [0.4, 0.5) is 13.2 Å². The van der Waals surface area contributed by atoms with Crippen LogP contribution in [0.25, 0.3) is 11.0 Å². The van der Waals surface area contributed by atoms with Crippen LogP contribution >= 0.6 is 0 Å². The molecule has 0 spiro atoms. The van der Waals surface area contributed by atoms with E-state index in [2.05, 4.69) is 9.97 Å². The van der Waals surface area contributed by atoms with Crippen molar-refractivity contribution in [3.05, 3.63) is 35.7 Å². The zero-order valence-electron chi connectivity index (χ0n) is 10.3. The second-order valence-corrected chi connectivity index (χ2v) is 5.20. The van der Waals surface area contributed by atoms with Gasteiger partial charge in [-0.25, -0.2) is 0 Å². The molecule has 1 heterocycles. The fraction of sp³-hybridized carbons (Fsp3) is 0.385. The summed E-state index contributed by atoms with van der Waals surface area (Å²) in [6.45, 7) is 5.57. The molecule has 5 heteroatoms. The molecule has 0 unspecified atom stereocenters. The van der Waals surface area contributed by atoms with Gasteiger partial charge >= 0.3 is 6.18 Å². The van der Waals surface area contributed by atoms with Gasteiger partial charge in [-0.05, 0) is 23.1 Å². The van der Waals surface area contributed by atoms with Crippen LogP contribution in [0.1, 0.15) is 31.9 Å². The predicted octanol–water partition coefficient (Wildman–Crippen LogP) is 3.95. The van der Waals surface area contributed by atoms with Gasteiger partial charge in [0.05, 0.1) is 16.6 Å². The van der Waals surface area contributed by atoms with E-state index in [9.17, 15) is 13.2 Å². The minimum atomic E-state index is -4.37. The Morgan fingerprint density at radius 3 is 2.11 bits per heavy atom. The van der Waals surface area contributed by atoms with E-state index in [1.165, 1.54) is 12.4 Å². The number of fused-ring (bicyclic) bond motifs is 1. The van der Waals surface area contributed by atoms with Gasteiger partial charge in [0, 0.05) is 12.4 Å². The molecule has 2 nitrogen and oxygen atoms in total. The summed E-state index contributed by atoms with van der Waals surface area (Å²) >= 11 is 0. The molecular weight excluding hydrogens is 241 g/mol. The van der Waals surface area contributed by atoms with Crippen molar-refractivity contribution in [1.82, 2.24) is 9.97 Å². The number of hydrogen-bond donors (Lipinski definition) is 0. The lowest BCUT2D eigenvalue weighted by Crippen LogP contribution is -2.15. The molecule has 0 radical (unpaired) electrons. The van der Waals surface area contributed by atoms with E-state index in [1.807, 2.05) is 20.8 Å². The summed E-state index contributed by atoms with van der Waals surface area (Å²) in [5.41, 5.74) is 0.256. The molecule has 0 aliphatic heterocycles. The number of hydrogen-bond acceptors (Lipinski definition) is 2. The lowest BCUT2D eigenvalue weighted by atomic mass is 9.85. The van der Waals surface area contributed by atoms with E-state index >= 15 is 0 Å². The quantitative estimate of drug-likeness (QED) is 0.711. The molecule has 0 amide bonds. The first-order chi connectivity index (χ1) is 8.19. The van der Waals surface area contributed by atoms with Crippen LogP contribution in [0.2, 0.25) is 0 Å². The Morgan fingerprint density at radius 1 is 0.944 bits per heavy atom. The largest absolute Gasteiger partial charge is 0.416 e. The monoisotopic (exact) mass is 254 g/mol. The zero-order chi connectivity index (χ0) is 13.6. The number of rotatable bonds is 0. The molecule has 0 fully saturated rings. The second-order valence-electron chi connectivity index (χ2n) is 5.20. The molecular formula is C13H13F3N2. The van der Waals surface area contributed by atoms with Crippen LogP contribution in [0.3, 0.4) is 0 Å². The number of halogens is 3. The van der Waals surface area contributed by atoms with Crippen LogP contribution in [-0.4, -0.2) is 9.97 Å². The molecule has 0 aliphatic carbocycles. The SMILES string of the molecule is CC(C)(C)c1cc(C(F)(F)F)cc2nccnc12. The molecule has 2 aromatic rings. The van der Waals surface area contributed by atoms with E-state index in [1.54, 1.807) is 0 Å². The van der Waals surface area contributed by atoms with Gasteiger partial charge in [0.25, 0.3) is 0 Å². The van der Waals surface area contributed by atoms with E-state index < -0.39 is 17.2 Å². The number of alkyl halides is 3. The molecule has 96 valence electrons. The van der Waals surface area contributed by atoms with Crippen molar-refractivity contribution in [3.63, 3.8) is 0 Å². The lowest BCUT2D eigenvalue weighted by molar-refractivity contribution is -0.137. The minimum Gasteiger partial charge on any atom is -0.253 e. The molecule has 18 heavy (non-hydrogen) atoms. The maximum Gasteiger partial charge on any atom is 0.416 e. The maximum atomic E-state index is 12.8. The third-order valence-electron chi connectivity index (χ3n) is 2.71. The van der Waals surface area contributed by atoms with E-state index in [4.69, 9.17) is 0 Å². The fourth-order valence-electron chi connectivity index (χ4n) is 1.81. The van der Waals surface area contributed by atoms with E-state index in [0.717, 1.165) is 12.1 Å². The molecule has 0 saturated carbocycles. The Hall–Kier alpha value is -1.65. The topological polar surface area (TPSA) is 25.8 Å². The number of benzene rings is 1. The van der Waals surface area contributed by atoms with Gasteiger partial charge in [-0.2, -0.15) is 13.2 Å². The van der Waals surface area contributed by atoms with Crippen molar-refractivity contribution < 1.29 is 13.2 Å². The highest BCUT2D eigenvalue weighted by atomic mass is 19.4.